The van der Waals surface area contributed by atoms with Crippen LogP contribution < -0.4 is 14.8 Å². The first kappa shape index (κ1) is 17.7. The third-order valence-corrected chi connectivity index (χ3v) is 4.70. The predicted molar refractivity (Wildman–Crippen MR) is 98.5 cm³/mol. The van der Waals surface area contributed by atoms with E-state index in [2.05, 4.69) is 21.2 Å². The van der Waals surface area contributed by atoms with Crippen LogP contribution in [0.3, 0.4) is 0 Å². The molecule has 122 valence electrons. The van der Waals surface area contributed by atoms with Crippen LogP contribution in [0.15, 0.2) is 46.9 Å². The van der Waals surface area contributed by atoms with Crippen molar-refractivity contribution in [3.63, 3.8) is 0 Å². The number of thioether (sulfide) groups is 1. The van der Waals surface area contributed by atoms with Crippen LogP contribution in [0.4, 0.5) is 5.69 Å². The molecule has 0 saturated carbocycles. The molecule has 1 amide bonds. The van der Waals surface area contributed by atoms with Crippen molar-refractivity contribution < 1.29 is 14.3 Å². The van der Waals surface area contributed by atoms with Crippen LogP contribution in [0.25, 0.3) is 0 Å². The number of carbonyl (C=O) groups excluding carboxylic acids is 1. The van der Waals surface area contributed by atoms with Crippen LogP contribution in [0, 0.1) is 0 Å². The molecule has 2 aromatic rings. The highest BCUT2D eigenvalue weighted by molar-refractivity contribution is 9.10. The molecular formula is C17H18BrNO3S. The average molecular weight is 396 g/mol. The number of rotatable bonds is 7. The Morgan fingerprint density at radius 1 is 1.17 bits per heavy atom. The average Bonchev–Trinajstić information content (AvgIpc) is 2.55. The van der Waals surface area contributed by atoms with E-state index in [1.807, 2.05) is 36.4 Å². The molecule has 2 aromatic carbocycles. The molecule has 0 bridgehead atoms. The third-order valence-electron chi connectivity index (χ3n) is 3.07. The summed E-state index contributed by atoms with van der Waals surface area (Å²) in [4.78, 5) is 12.0. The summed E-state index contributed by atoms with van der Waals surface area (Å²) in [6.07, 6.45) is 0. The van der Waals surface area contributed by atoms with Gasteiger partial charge in [-0.15, -0.1) is 11.8 Å². The van der Waals surface area contributed by atoms with Gasteiger partial charge in [0.05, 0.1) is 24.4 Å². The van der Waals surface area contributed by atoms with Gasteiger partial charge in [0.25, 0.3) is 0 Å². The van der Waals surface area contributed by atoms with Gasteiger partial charge in [-0.25, -0.2) is 0 Å². The Hall–Kier alpha value is -1.66. The van der Waals surface area contributed by atoms with Gasteiger partial charge in [0.2, 0.25) is 5.91 Å². The van der Waals surface area contributed by atoms with Gasteiger partial charge in [-0.05, 0) is 45.8 Å². The maximum atomic E-state index is 12.0. The van der Waals surface area contributed by atoms with Crippen molar-refractivity contribution in [3.05, 3.63) is 52.5 Å². The van der Waals surface area contributed by atoms with Crippen molar-refractivity contribution >= 4 is 39.3 Å². The first-order valence-corrected chi connectivity index (χ1v) is 8.91. The molecule has 6 heteroatoms. The molecule has 0 aromatic heterocycles. The molecule has 0 spiro atoms. The molecular weight excluding hydrogens is 378 g/mol. The molecule has 1 N–H and O–H groups in total. The van der Waals surface area contributed by atoms with Gasteiger partial charge < -0.3 is 14.8 Å². The highest BCUT2D eigenvalue weighted by Crippen LogP contribution is 2.27. The second-order valence-electron chi connectivity index (χ2n) is 4.74. The zero-order valence-electron chi connectivity index (χ0n) is 13.0. The van der Waals surface area contributed by atoms with Crippen molar-refractivity contribution in [1.82, 2.24) is 0 Å². The minimum Gasteiger partial charge on any atom is -0.497 e. The van der Waals surface area contributed by atoms with Gasteiger partial charge >= 0.3 is 0 Å². The Labute approximate surface area is 148 Å². The number of hydrogen-bond donors (Lipinski definition) is 1. The number of anilines is 1. The molecule has 0 aliphatic carbocycles. The van der Waals surface area contributed by atoms with Crippen LogP contribution in [-0.2, 0) is 10.5 Å². The van der Waals surface area contributed by atoms with E-state index in [1.54, 1.807) is 32.0 Å². The highest BCUT2D eigenvalue weighted by Gasteiger charge is 2.05. The van der Waals surface area contributed by atoms with Crippen LogP contribution >= 0.6 is 27.7 Å². The topological polar surface area (TPSA) is 47.6 Å². The SMILES string of the molecule is COc1cccc(NC(=O)CSCc2ccc(OC)c(Br)c2)c1. The molecule has 0 fully saturated rings. The van der Waals surface area contributed by atoms with Gasteiger partial charge in [0.15, 0.2) is 0 Å². The quantitative estimate of drug-likeness (QED) is 0.757. The fourth-order valence-corrected chi connectivity index (χ4v) is 3.32. The summed E-state index contributed by atoms with van der Waals surface area (Å²) in [5.74, 6) is 2.64. The van der Waals surface area contributed by atoms with Crippen LogP contribution in [0.5, 0.6) is 11.5 Å². The van der Waals surface area contributed by atoms with Gasteiger partial charge in [-0.3, -0.25) is 4.79 Å². The van der Waals surface area contributed by atoms with E-state index in [4.69, 9.17) is 9.47 Å². The van der Waals surface area contributed by atoms with E-state index in [9.17, 15) is 4.79 Å². The van der Waals surface area contributed by atoms with Crippen LogP contribution in [0.2, 0.25) is 0 Å². The smallest absolute Gasteiger partial charge is 0.234 e. The lowest BCUT2D eigenvalue weighted by atomic mass is 10.2. The maximum absolute atomic E-state index is 12.0. The van der Waals surface area contributed by atoms with Crippen molar-refractivity contribution in [2.24, 2.45) is 0 Å². The van der Waals surface area contributed by atoms with Gasteiger partial charge in [0.1, 0.15) is 11.5 Å². The number of benzene rings is 2. The van der Waals surface area contributed by atoms with E-state index >= 15 is 0 Å². The summed E-state index contributed by atoms with van der Waals surface area (Å²) in [6.45, 7) is 0. The second-order valence-corrected chi connectivity index (χ2v) is 6.58. The first-order chi connectivity index (χ1) is 11.1. The number of hydrogen-bond acceptors (Lipinski definition) is 4. The van der Waals surface area contributed by atoms with E-state index < -0.39 is 0 Å². The molecule has 0 atom stereocenters. The molecule has 23 heavy (non-hydrogen) atoms. The van der Waals surface area contributed by atoms with E-state index in [-0.39, 0.29) is 5.91 Å². The Bertz CT molecular complexity index is 679. The lowest BCUT2D eigenvalue weighted by Gasteiger charge is -2.08. The molecule has 0 radical (unpaired) electrons. The van der Waals surface area contributed by atoms with Crippen molar-refractivity contribution in [2.45, 2.75) is 5.75 Å². The predicted octanol–water partition coefficient (Wildman–Crippen LogP) is 4.34. The monoisotopic (exact) mass is 395 g/mol. The van der Waals surface area contributed by atoms with E-state index in [0.717, 1.165) is 33.0 Å². The van der Waals surface area contributed by atoms with Crippen molar-refractivity contribution in [1.29, 1.82) is 0 Å². The minimum atomic E-state index is -0.0316. The molecule has 0 unspecified atom stereocenters. The molecule has 4 nitrogen and oxygen atoms in total. The Balaban J connectivity index is 1.81. The minimum absolute atomic E-state index is 0.0316. The highest BCUT2D eigenvalue weighted by atomic mass is 79.9. The zero-order valence-corrected chi connectivity index (χ0v) is 15.4. The molecule has 0 aliphatic heterocycles. The fraction of sp³-hybridized carbons (Fsp3) is 0.235. The summed E-state index contributed by atoms with van der Waals surface area (Å²) < 4.78 is 11.2. The van der Waals surface area contributed by atoms with Crippen molar-refractivity contribution in [3.8, 4) is 11.5 Å². The number of amides is 1. The largest absolute Gasteiger partial charge is 0.497 e. The normalized spacial score (nSPS) is 10.2. The van der Waals surface area contributed by atoms with Gasteiger partial charge in [0, 0.05) is 17.5 Å². The molecule has 2 rings (SSSR count). The zero-order chi connectivity index (χ0) is 16.7. The third kappa shape index (κ3) is 5.48. The first-order valence-electron chi connectivity index (χ1n) is 6.96. The van der Waals surface area contributed by atoms with E-state index in [1.165, 1.54) is 0 Å². The number of carbonyl (C=O) groups is 1. The number of ether oxygens (including phenoxy) is 2. The van der Waals surface area contributed by atoms with Gasteiger partial charge in [-0.2, -0.15) is 0 Å². The molecule has 0 heterocycles. The molecule has 0 aliphatic rings. The Kier molecular flexibility index (Phi) is 6.80. The van der Waals surface area contributed by atoms with Gasteiger partial charge in [-0.1, -0.05) is 12.1 Å². The summed E-state index contributed by atoms with van der Waals surface area (Å²) in [5.41, 5.74) is 1.87. The standard InChI is InChI=1S/C17H18BrNO3S/c1-21-14-5-3-4-13(9-14)19-17(20)11-23-10-12-6-7-16(22-2)15(18)8-12/h3-9H,10-11H2,1-2H3,(H,19,20). The Morgan fingerprint density at radius 3 is 2.70 bits per heavy atom. The summed E-state index contributed by atoms with van der Waals surface area (Å²) in [6, 6.07) is 13.2. The molecule has 0 saturated heterocycles. The van der Waals surface area contributed by atoms with Crippen LogP contribution in [-0.4, -0.2) is 25.9 Å². The van der Waals surface area contributed by atoms with E-state index in [0.29, 0.717) is 5.75 Å². The second kappa shape index (κ2) is 8.84. The summed E-state index contributed by atoms with van der Waals surface area (Å²) >= 11 is 5.02. The van der Waals surface area contributed by atoms with Crippen molar-refractivity contribution in [2.75, 3.05) is 25.3 Å². The summed E-state index contributed by atoms with van der Waals surface area (Å²) in [7, 11) is 3.24. The maximum Gasteiger partial charge on any atom is 0.234 e. The lowest BCUT2D eigenvalue weighted by Crippen LogP contribution is -2.14. The number of nitrogens with one attached hydrogen (secondary N) is 1. The lowest BCUT2D eigenvalue weighted by molar-refractivity contribution is -0.113. The Morgan fingerprint density at radius 2 is 2.00 bits per heavy atom. The number of halogens is 1. The van der Waals surface area contributed by atoms with Crippen LogP contribution in [0.1, 0.15) is 5.56 Å². The summed E-state index contributed by atoms with van der Waals surface area (Å²) in [5, 5.41) is 2.86. The number of methoxy groups -OCH3 is 2. The fourth-order valence-electron chi connectivity index (χ4n) is 1.96.